The molecule has 3 aromatic rings. The highest BCUT2D eigenvalue weighted by molar-refractivity contribution is 6.31. The topological polar surface area (TPSA) is 42.7 Å². The van der Waals surface area contributed by atoms with E-state index >= 15 is 0 Å². The Bertz CT molecular complexity index is 879. The van der Waals surface area contributed by atoms with Gasteiger partial charge in [0.2, 0.25) is 5.95 Å². The molecule has 2 aromatic carbocycles. The molecule has 1 aliphatic rings. The van der Waals surface area contributed by atoms with Gasteiger partial charge in [0.25, 0.3) is 0 Å². The van der Waals surface area contributed by atoms with Crippen LogP contribution < -0.4 is 5.32 Å². The first-order valence-electron chi connectivity index (χ1n) is 7.49. The molecule has 0 bridgehead atoms. The van der Waals surface area contributed by atoms with Gasteiger partial charge in [-0.3, -0.25) is 0 Å². The van der Waals surface area contributed by atoms with E-state index in [1.54, 1.807) is 10.7 Å². The monoisotopic (exact) mass is 362 g/mol. The number of halogens is 3. The first-order chi connectivity index (χ1) is 11.6. The maximum Gasteiger partial charge on any atom is 0.222 e. The molecular formula is C17H13Cl2FN4. The van der Waals surface area contributed by atoms with Gasteiger partial charge in [0.05, 0.1) is 17.1 Å². The maximum atomic E-state index is 13.9. The normalized spacial score (nSPS) is 19.6. The average Bonchev–Trinajstić information content (AvgIpc) is 3.06. The van der Waals surface area contributed by atoms with Crippen molar-refractivity contribution in [3.63, 3.8) is 0 Å². The lowest BCUT2D eigenvalue weighted by Crippen LogP contribution is -2.28. The minimum atomic E-state index is -0.433. The third-order valence-corrected chi connectivity index (χ3v) is 4.89. The number of benzene rings is 2. The molecule has 122 valence electrons. The quantitative estimate of drug-likeness (QED) is 0.706. The molecule has 7 heteroatoms. The van der Waals surface area contributed by atoms with E-state index < -0.39 is 5.82 Å². The maximum absolute atomic E-state index is 13.9. The summed E-state index contributed by atoms with van der Waals surface area (Å²) in [7, 11) is 0. The molecule has 0 amide bonds. The van der Waals surface area contributed by atoms with E-state index in [0.29, 0.717) is 23.0 Å². The van der Waals surface area contributed by atoms with Gasteiger partial charge in [-0.2, -0.15) is 10.1 Å². The Morgan fingerprint density at radius 2 is 1.92 bits per heavy atom. The summed E-state index contributed by atoms with van der Waals surface area (Å²) in [5, 5.41) is 8.43. The third kappa shape index (κ3) is 2.64. The number of nitrogens with zero attached hydrogens (tertiary/aromatic N) is 3. The van der Waals surface area contributed by atoms with Crippen molar-refractivity contribution in [3.05, 3.63) is 75.8 Å². The fourth-order valence-corrected chi connectivity index (χ4v) is 3.45. The van der Waals surface area contributed by atoms with E-state index in [-0.39, 0.29) is 17.1 Å². The molecule has 0 spiro atoms. The molecule has 24 heavy (non-hydrogen) atoms. The molecule has 0 aliphatic carbocycles. The van der Waals surface area contributed by atoms with Crippen LogP contribution in [0.2, 0.25) is 10.0 Å². The van der Waals surface area contributed by atoms with Crippen molar-refractivity contribution >= 4 is 29.2 Å². The largest absolute Gasteiger partial charge is 0.348 e. The van der Waals surface area contributed by atoms with E-state index in [1.165, 1.54) is 12.4 Å². The highest BCUT2D eigenvalue weighted by Crippen LogP contribution is 2.40. The highest BCUT2D eigenvalue weighted by atomic mass is 35.5. The standard InChI is InChI=1S/C17H13Cl2FN4/c18-11-6-4-10(5-7-11)14-8-15(24-17(23-14)21-9-22-24)12-2-1-3-13(20)16(12)19/h1-7,9,14-15H,8H2,(H,21,22,23)/t14-,15+/m0/s1. The number of hydrogen-bond acceptors (Lipinski definition) is 3. The predicted molar refractivity (Wildman–Crippen MR) is 92.0 cm³/mol. The molecule has 2 heterocycles. The van der Waals surface area contributed by atoms with Gasteiger partial charge in [-0.1, -0.05) is 47.5 Å². The molecule has 1 aliphatic heterocycles. The van der Waals surface area contributed by atoms with Crippen LogP contribution in [0.5, 0.6) is 0 Å². The SMILES string of the molecule is Fc1cccc([C@H]2C[C@@H](c3ccc(Cl)cc3)Nc3ncnn32)c1Cl. The minimum absolute atomic E-state index is 0.00306. The Hall–Kier alpha value is -2.11. The number of nitrogens with one attached hydrogen (secondary N) is 1. The van der Waals surface area contributed by atoms with E-state index in [1.807, 2.05) is 30.3 Å². The summed E-state index contributed by atoms with van der Waals surface area (Å²) in [6.07, 6.45) is 2.15. The van der Waals surface area contributed by atoms with Gasteiger partial charge < -0.3 is 5.32 Å². The molecule has 0 unspecified atom stereocenters. The van der Waals surface area contributed by atoms with Crippen LogP contribution in [-0.4, -0.2) is 14.8 Å². The molecule has 0 saturated heterocycles. The number of aromatic nitrogens is 3. The lowest BCUT2D eigenvalue weighted by molar-refractivity contribution is 0.429. The average molecular weight is 363 g/mol. The first kappa shape index (κ1) is 15.4. The van der Waals surface area contributed by atoms with Gasteiger partial charge in [-0.15, -0.1) is 0 Å². The van der Waals surface area contributed by atoms with Crippen molar-refractivity contribution in [2.75, 3.05) is 5.32 Å². The van der Waals surface area contributed by atoms with Crippen LogP contribution >= 0.6 is 23.2 Å². The van der Waals surface area contributed by atoms with Crippen LogP contribution in [0.3, 0.4) is 0 Å². The van der Waals surface area contributed by atoms with Gasteiger partial charge >= 0.3 is 0 Å². The summed E-state index contributed by atoms with van der Waals surface area (Å²) in [5.41, 5.74) is 1.77. The second-order valence-corrected chi connectivity index (χ2v) is 6.49. The Morgan fingerprint density at radius 1 is 1.12 bits per heavy atom. The highest BCUT2D eigenvalue weighted by Gasteiger charge is 2.31. The van der Waals surface area contributed by atoms with Gasteiger partial charge in [0.1, 0.15) is 12.1 Å². The summed E-state index contributed by atoms with van der Waals surface area (Å²) >= 11 is 12.2. The number of hydrogen-bond donors (Lipinski definition) is 1. The Labute approximate surface area is 148 Å². The zero-order valence-corrected chi connectivity index (χ0v) is 14.0. The van der Waals surface area contributed by atoms with Crippen LogP contribution in [0.1, 0.15) is 29.6 Å². The van der Waals surface area contributed by atoms with Gasteiger partial charge in [-0.05, 0) is 35.7 Å². The summed E-state index contributed by atoms with van der Waals surface area (Å²) in [6.45, 7) is 0. The minimum Gasteiger partial charge on any atom is -0.348 e. The molecule has 0 saturated carbocycles. The number of rotatable bonds is 2. The van der Waals surface area contributed by atoms with Crippen molar-refractivity contribution < 1.29 is 4.39 Å². The zero-order valence-electron chi connectivity index (χ0n) is 12.5. The lowest BCUT2D eigenvalue weighted by Gasteiger charge is -2.32. The van der Waals surface area contributed by atoms with E-state index in [4.69, 9.17) is 23.2 Å². The van der Waals surface area contributed by atoms with Crippen LogP contribution in [0, 0.1) is 5.82 Å². The van der Waals surface area contributed by atoms with E-state index in [9.17, 15) is 4.39 Å². The van der Waals surface area contributed by atoms with Crippen molar-refractivity contribution in [2.45, 2.75) is 18.5 Å². The third-order valence-electron chi connectivity index (χ3n) is 4.24. The molecule has 1 aromatic heterocycles. The van der Waals surface area contributed by atoms with Crippen molar-refractivity contribution in [2.24, 2.45) is 0 Å². The summed E-state index contributed by atoms with van der Waals surface area (Å²) in [5.74, 6) is 0.198. The van der Waals surface area contributed by atoms with Gasteiger partial charge in [0, 0.05) is 5.02 Å². The van der Waals surface area contributed by atoms with Crippen LogP contribution in [0.25, 0.3) is 0 Å². The summed E-state index contributed by atoms with van der Waals surface area (Å²) in [6, 6.07) is 12.3. The summed E-state index contributed by atoms with van der Waals surface area (Å²) in [4.78, 5) is 4.26. The Kier molecular flexibility index (Phi) is 3.90. The molecule has 1 N–H and O–H groups in total. The van der Waals surface area contributed by atoms with Crippen LogP contribution in [0.15, 0.2) is 48.8 Å². The smallest absolute Gasteiger partial charge is 0.222 e. The first-order valence-corrected chi connectivity index (χ1v) is 8.24. The molecular weight excluding hydrogens is 350 g/mol. The number of fused-ring (bicyclic) bond motifs is 1. The fourth-order valence-electron chi connectivity index (χ4n) is 3.07. The molecule has 0 fully saturated rings. The molecule has 4 nitrogen and oxygen atoms in total. The van der Waals surface area contributed by atoms with Crippen molar-refractivity contribution in [1.82, 2.24) is 14.8 Å². The summed E-state index contributed by atoms with van der Waals surface area (Å²) < 4.78 is 15.6. The van der Waals surface area contributed by atoms with Gasteiger partial charge in [-0.25, -0.2) is 9.07 Å². The Balaban J connectivity index is 1.77. The van der Waals surface area contributed by atoms with Crippen molar-refractivity contribution in [1.29, 1.82) is 0 Å². The predicted octanol–water partition coefficient (Wildman–Crippen LogP) is 4.87. The van der Waals surface area contributed by atoms with E-state index in [0.717, 1.165) is 5.56 Å². The fraction of sp³-hybridized carbons (Fsp3) is 0.176. The molecule has 0 radical (unpaired) electrons. The zero-order chi connectivity index (χ0) is 16.7. The van der Waals surface area contributed by atoms with Gasteiger partial charge in [0.15, 0.2) is 0 Å². The number of anilines is 1. The van der Waals surface area contributed by atoms with Crippen molar-refractivity contribution in [3.8, 4) is 0 Å². The van der Waals surface area contributed by atoms with E-state index in [2.05, 4.69) is 15.4 Å². The second-order valence-electron chi connectivity index (χ2n) is 5.67. The lowest BCUT2D eigenvalue weighted by atomic mass is 9.93. The van der Waals surface area contributed by atoms with Crippen LogP contribution in [0.4, 0.5) is 10.3 Å². The molecule has 2 atom stereocenters. The van der Waals surface area contributed by atoms with Crippen LogP contribution in [-0.2, 0) is 0 Å². The Morgan fingerprint density at radius 3 is 2.71 bits per heavy atom. The molecule has 4 rings (SSSR count). The second kappa shape index (κ2) is 6.07.